The quantitative estimate of drug-likeness (QED) is 0.415. The first-order valence-corrected chi connectivity index (χ1v) is 0.494. The zero-order valence-electron chi connectivity index (χ0n) is 2.01. The molecule has 0 rings (SSSR count). The number of hydrogen-bond donors (Lipinski definition) is 1. The molecule has 0 aromatic heterocycles. The fraction of sp³-hybridized carbons (Fsp3) is 0. The van der Waals surface area contributed by atoms with Gasteiger partial charge < -0.3 is 5.11 Å². The van der Waals surface area contributed by atoms with Gasteiger partial charge in [0.15, 0.2) is 0 Å². The van der Waals surface area contributed by atoms with Crippen LogP contribution in [0.5, 0.6) is 0 Å². The summed E-state index contributed by atoms with van der Waals surface area (Å²) in [5.74, 6) is 0. The van der Waals surface area contributed by atoms with Gasteiger partial charge in [-0.1, -0.05) is 0 Å². The van der Waals surface area contributed by atoms with Crippen LogP contribution in [-0.4, -0.2) is 11.6 Å². The van der Waals surface area contributed by atoms with Crippen LogP contribution < -0.4 is 0 Å². The van der Waals surface area contributed by atoms with Crippen molar-refractivity contribution in [2.24, 2.45) is 0 Å². The van der Waals surface area contributed by atoms with Gasteiger partial charge in [0.05, 0.1) is 0 Å². The second-order valence-electron chi connectivity index (χ2n) is 0.105. The van der Waals surface area contributed by atoms with E-state index in [0.29, 0.717) is 0 Å². The van der Waals surface area contributed by atoms with Gasteiger partial charge in [-0.15, -0.1) is 0 Å². The minimum Gasteiger partial charge on any atom is -0.483 e. The summed E-state index contributed by atoms with van der Waals surface area (Å²) in [5, 5.41) is 6.89. The molecule has 1 N–H and O–H groups in total. The Bertz CT molecular complexity index is 13.5. The summed E-state index contributed by atoms with van der Waals surface area (Å²) in [6, 6.07) is 0. The van der Waals surface area contributed by atoms with Gasteiger partial charge in [0, 0.05) is 25.8 Å². The van der Waals surface area contributed by atoms with E-state index in [-0.39, 0.29) is 32.3 Å². The van der Waals surface area contributed by atoms with Crippen LogP contribution in [0, 0.1) is 0 Å². The monoisotopic (exact) mass is 91.0 g/mol. The third-order valence-electron chi connectivity index (χ3n) is 0. The van der Waals surface area contributed by atoms with Gasteiger partial charge >= 0.3 is 0 Å². The molecule has 0 aliphatic carbocycles. The van der Waals surface area contributed by atoms with E-state index < -0.39 is 0 Å². The van der Waals surface area contributed by atoms with Crippen LogP contribution in [0.15, 0.2) is 0 Å². The van der Waals surface area contributed by atoms with Crippen LogP contribution in [0.25, 0.3) is 0 Å². The van der Waals surface area contributed by atoms with Crippen LogP contribution in [0.2, 0.25) is 0 Å². The second kappa shape index (κ2) is 10.2. The van der Waals surface area contributed by atoms with Crippen LogP contribution in [-0.2, 0) is 30.6 Å². The Hall–Kier alpha value is 0.340. The molecule has 4 heavy (non-hydrogen) atoms. The second-order valence-corrected chi connectivity index (χ2v) is 0.105. The predicted octanol–water partition coefficient (Wildman–Crippen LogP) is -0.302. The Balaban J connectivity index is 0. The smallest absolute Gasteiger partial charge is 0.290 e. The van der Waals surface area contributed by atoms with Gasteiger partial charge in [0.2, 0.25) is 0 Å². The first-order valence-electron chi connectivity index (χ1n) is 0.494. The van der Waals surface area contributed by atoms with Crippen molar-refractivity contribution in [3.8, 4) is 0 Å². The molecule has 3 heteroatoms. The summed E-state index contributed by atoms with van der Waals surface area (Å²) in [6.07, 6.45) is 0. The van der Waals surface area contributed by atoms with Gasteiger partial charge in [0.1, 0.15) is 0 Å². The van der Waals surface area contributed by atoms with Crippen LogP contribution in [0.4, 0.5) is 0 Å². The number of hydrogen-bond acceptors (Lipinski definition) is 1. The SMILES string of the molecule is O=CO.[Sc]. The van der Waals surface area contributed by atoms with E-state index in [1.165, 1.54) is 0 Å². The minimum absolute atomic E-state index is 0. The summed E-state index contributed by atoms with van der Waals surface area (Å²) in [5.41, 5.74) is 0. The summed E-state index contributed by atoms with van der Waals surface area (Å²) >= 11 is 0. The summed E-state index contributed by atoms with van der Waals surface area (Å²) in [7, 11) is 0. The molecule has 0 heterocycles. The van der Waals surface area contributed by atoms with Crippen LogP contribution >= 0.6 is 0 Å². The summed E-state index contributed by atoms with van der Waals surface area (Å²) < 4.78 is 0. The topological polar surface area (TPSA) is 37.3 Å². The molecule has 0 atom stereocenters. The molecule has 0 unspecified atom stereocenters. The van der Waals surface area contributed by atoms with Crippen molar-refractivity contribution in [1.29, 1.82) is 0 Å². The van der Waals surface area contributed by atoms with E-state index in [2.05, 4.69) is 0 Å². The zero-order chi connectivity index (χ0) is 2.71. The molecule has 2 nitrogen and oxygen atoms in total. The molecule has 0 saturated carbocycles. The molecule has 0 fully saturated rings. The molecule has 0 aromatic rings. The molecule has 0 aliphatic heterocycles. The van der Waals surface area contributed by atoms with E-state index in [1.54, 1.807) is 0 Å². The average Bonchev–Trinajstić information content (AvgIpc) is 0.918. The number of carbonyl (C=O) groups is 1. The van der Waals surface area contributed by atoms with Gasteiger partial charge in [0.25, 0.3) is 6.47 Å². The molecular formula is CH2O2Sc. The van der Waals surface area contributed by atoms with Gasteiger partial charge in [-0.2, -0.15) is 0 Å². The zero-order valence-corrected chi connectivity index (χ0v) is 3.81. The maximum absolute atomic E-state index is 8.36. The maximum Gasteiger partial charge on any atom is 0.290 e. The molecule has 21 valence electrons. The molecule has 0 aromatic carbocycles. The Morgan fingerprint density at radius 2 is 1.75 bits per heavy atom. The fourth-order valence-corrected chi connectivity index (χ4v) is 0. The van der Waals surface area contributed by atoms with Gasteiger partial charge in [-0.3, -0.25) is 4.79 Å². The largest absolute Gasteiger partial charge is 0.483 e. The molecule has 0 amide bonds. The Morgan fingerprint density at radius 1 is 1.75 bits per heavy atom. The molecule has 1 radical (unpaired) electrons. The molecule has 0 bridgehead atoms. The van der Waals surface area contributed by atoms with E-state index >= 15 is 0 Å². The Labute approximate surface area is 42.6 Å². The third-order valence-corrected chi connectivity index (χ3v) is 0. The van der Waals surface area contributed by atoms with E-state index in [0.717, 1.165) is 0 Å². The van der Waals surface area contributed by atoms with Crippen molar-refractivity contribution in [3.05, 3.63) is 0 Å². The van der Waals surface area contributed by atoms with E-state index in [9.17, 15) is 0 Å². The van der Waals surface area contributed by atoms with Crippen molar-refractivity contribution in [3.63, 3.8) is 0 Å². The van der Waals surface area contributed by atoms with Crippen molar-refractivity contribution in [2.45, 2.75) is 0 Å². The first kappa shape index (κ1) is 8.84. The molecular weight excluding hydrogens is 89.0 g/mol. The van der Waals surface area contributed by atoms with Crippen molar-refractivity contribution in [2.75, 3.05) is 0 Å². The van der Waals surface area contributed by atoms with E-state index in [4.69, 9.17) is 9.90 Å². The third kappa shape index (κ3) is 36.3. The normalized spacial score (nSPS) is 3.00. The van der Waals surface area contributed by atoms with Gasteiger partial charge in [-0.25, -0.2) is 0 Å². The molecule has 0 saturated heterocycles. The maximum atomic E-state index is 8.36. The van der Waals surface area contributed by atoms with Crippen molar-refractivity contribution >= 4 is 6.47 Å². The summed E-state index contributed by atoms with van der Waals surface area (Å²) in [4.78, 5) is 8.36. The molecule has 0 spiro atoms. The Morgan fingerprint density at radius 3 is 1.75 bits per heavy atom. The number of rotatable bonds is 0. The predicted molar refractivity (Wildman–Crippen MR) is 8.69 cm³/mol. The summed E-state index contributed by atoms with van der Waals surface area (Å²) in [6.45, 7) is -0.250. The fourth-order valence-electron chi connectivity index (χ4n) is 0. The standard InChI is InChI=1S/CH2O2.Sc/c2-1-3;/h1H,(H,2,3);. The van der Waals surface area contributed by atoms with Crippen LogP contribution in [0.1, 0.15) is 0 Å². The Kier molecular flexibility index (Phi) is 22.5. The van der Waals surface area contributed by atoms with Crippen molar-refractivity contribution in [1.82, 2.24) is 0 Å². The molecule has 0 aliphatic rings. The van der Waals surface area contributed by atoms with Gasteiger partial charge in [-0.05, 0) is 0 Å². The van der Waals surface area contributed by atoms with Crippen LogP contribution in [0.3, 0.4) is 0 Å². The van der Waals surface area contributed by atoms with E-state index in [1.807, 2.05) is 0 Å². The first-order chi connectivity index (χ1) is 1.41. The van der Waals surface area contributed by atoms with Crippen molar-refractivity contribution < 1.29 is 35.7 Å². The average molecular weight is 91.0 g/mol. The minimum atomic E-state index is -0.250. The number of carboxylic acid groups (broad SMARTS) is 1.